The van der Waals surface area contributed by atoms with Gasteiger partial charge < -0.3 is 5.32 Å². The lowest BCUT2D eigenvalue weighted by Gasteiger charge is -2.11. The minimum atomic E-state index is 0.260. The first-order valence-corrected chi connectivity index (χ1v) is 4.62. The second-order valence-electron chi connectivity index (χ2n) is 3.62. The maximum atomic E-state index is 11.4. The highest BCUT2D eigenvalue weighted by molar-refractivity contribution is 5.84. The Balaban J connectivity index is 2.38. The van der Waals surface area contributed by atoms with Crippen molar-refractivity contribution in [2.45, 2.75) is 25.8 Å². The van der Waals surface area contributed by atoms with Crippen molar-refractivity contribution in [2.75, 3.05) is 5.32 Å². The van der Waals surface area contributed by atoms with Crippen molar-refractivity contribution in [1.82, 2.24) is 0 Å². The smallest absolute Gasteiger partial charge is 0.139 e. The Morgan fingerprint density at radius 1 is 1.38 bits per heavy atom. The molecule has 2 heteroatoms. The third kappa shape index (κ3) is 1.72. The van der Waals surface area contributed by atoms with E-state index in [2.05, 4.69) is 5.32 Å². The number of anilines is 1. The Morgan fingerprint density at radius 2 is 2.15 bits per heavy atom. The molecule has 1 aromatic rings. The first kappa shape index (κ1) is 8.30. The molecule has 1 aromatic carbocycles. The zero-order chi connectivity index (χ0) is 9.26. The van der Waals surface area contributed by atoms with Gasteiger partial charge in [-0.3, -0.25) is 4.79 Å². The highest BCUT2D eigenvalue weighted by Crippen LogP contribution is 2.21. The second kappa shape index (κ2) is 3.21. The summed E-state index contributed by atoms with van der Waals surface area (Å²) in [4.78, 5) is 11.4. The predicted molar refractivity (Wildman–Crippen MR) is 52.9 cm³/mol. The van der Waals surface area contributed by atoms with E-state index in [0.717, 1.165) is 11.3 Å². The number of nitrogens with one attached hydrogen (secondary N) is 1. The first-order chi connectivity index (χ1) is 6.25. The van der Waals surface area contributed by atoms with Crippen molar-refractivity contribution >= 4 is 11.5 Å². The summed E-state index contributed by atoms with van der Waals surface area (Å²) < 4.78 is 0. The van der Waals surface area contributed by atoms with Crippen LogP contribution in [-0.2, 0) is 11.2 Å². The van der Waals surface area contributed by atoms with Gasteiger partial charge in [-0.25, -0.2) is 0 Å². The van der Waals surface area contributed by atoms with E-state index >= 15 is 0 Å². The van der Waals surface area contributed by atoms with E-state index in [9.17, 15) is 4.79 Å². The van der Waals surface area contributed by atoms with Crippen LogP contribution in [0.5, 0.6) is 0 Å². The van der Waals surface area contributed by atoms with Gasteiger partial charge in [0.2, 0.25) is 0 Å². The van der Waals surface area contributed by atoms with Crippen LogP contribution in [0.4, 0.5) is 5.69 Å². The van der Waals surface area contributed by atoms with Crippen molar-refractivity contribution in [3.63, 3.8) is 0 Å². The average Bonchev–Trinajstić information content (AvgIpc) is 2.20. The predicted octanol–water partition coefficient (Wildman–Crippen LogP) is 2.00. The fourth-order valence-electron chi connectivity index (χ4n) is 1.76. The highest BCUT2D eigenvalue weighted by atomic mass is 16.1. The summed E-state index contributed by atoms with van der Waals surface area (Å²) in [6.45, 7) is 2.04. The summed E-state index contributed by atoms with van der Waals surface area (Å²) in [5.74, 6) is 0.324. The Hall–Kier alpha value is -1.31. The fraction of sp³-hybridized carbons (Fsp3) is 0.364. The molecule has 1 unspecified atom stereocenters. The number of hydrogen-bond acceptors (Lipinski definition) is 2. The lowest BCUT2D eigenvalue weighted by Crippen LogP contribution is -2.16. The standard InChI is InChI=1S/C11H13NO/c1-8-6-10(13)7-9-4-2-3-5-11(9)12-8/h2-5,8,12H,6-7H2,1H3. The van der Waals surface area contributed by atoms with E-state index < -0.39 is 0 Å². The van der Waals surface area contributed by atoms with Crippen LogP contribution in [0, 0.1) is 0 Å². The third-order valence-corrected chi connectivity index (χ3v) is 2.34. The van der Waals surface area contributed by atoms with E-state index in [1.165, 1.54) is 0 Å². The summed E-state index contributed by atoms with van der Waals surface area (Å²) >= 11 is 0. The zero-order valence-corrected chi connectivity index (χ0v) is 7.71. The van der Waals surface area contributed by atoms with E-state index in [-0.39, 0.29) is 6.04 Å². The summed E-state index contributed by atoms with van der Waals surface area (Å²) in [5, 5.41) is 3.33. The number of carbonyl (C=O) groups excluding carboxylic acids is 1. The van der Waals surface area contributed by atoms with Crippen molar-refractivity contribution in [1.29, 1.82) is 0 Å². The highest BCUT2D eigenvalue weighted by Gasteiger charge is 2.16. The second-order valence-corrected chi connectivity index (χ2v) is 3.62. The molecule has 68 valence electrons. The van der Waals surface area contributed by atoms with E-state index in [0.29, 0.717) is 18.6 Å². The van der Waals surface area contributed by atoms with Crippen LogP contribution in [0.15, 0.2) is 24.3 Å². The van der Waals surface area contributed by atoms with Gasteiger partial charge >= 0.3 is 0 Å². The summed E-state index contributed by atoms with van der Waals surface area (Å²) in [6.07, 6.45) is 1.21. The van der Waals surface area contributed by atoms with Crippen molar-refractivity contribution in [3.8, 4) is 0 Å². The van der Waals surface area contributed by atoms with Crippen LogP contribution >= 0.6 is 0 Å². The van der Waals surface area contributed by atoms with Crippen LogP contribution < -0.4 is 5.32 Å². The molecule has 1 atom stereocenters. The molecule has 1 aliphatic heterocycles. The molecular formula is C11H13NO. The topological polar surface area (TPSA) is 29.1 Å². The molecule has 0 amide bonds. The van der Waals surface area contributed by atoms with Gasteiger partial charge in [-0.1, -0.05) is 18.2 Å². The van der Waals surface area contributed by atoms with E-state index in [4.69, 9.17) is 0 Å². The molecule has 0 saturated carbocycles. The van der Waals surface area contributed by atoms with Crippen molar-refractivity contribution < 1.29 is 4.79 Å². The summed E-state index contributed by atoms with van der Waals surface area (Å²) in [7, 11) is 0. The Morgan fingerprint density at radius 3 is 3.00 bits per heavy atom. The number of benzene rings is 1. The van der Waals surface area contributed by atoms with Gasteiger partial charge in [0.25, 0.3) is 0 Å². The Labute approximate surface area is 78.0 Å². The van der Waals surface area contributed by atoms with Crippen LogP contribution in [-0.4, -0.2) is 11.8 Å². The lowest BCUT2D eigenvalue weighted by atomic mass is 10.1. The average molecular weight is 175 g/mol. The fourth-order valence-corrected chi connectivity index (χ4v) is 1.76. The molecule has 1 aliphatic rings. The monoisotopic (exact) mass is 175 g/mol. The third-order valence-electron chi connectivity index (χ3n) is 2.34. The van der Waals surface area contributed by atoms with Crippen molar-refractivity contribution in [3.05, 3.63) is 29.8 Å². The molecule has 0 aromatic heterocycles. The van der Waals surface area contributed by atoms with Gasteiger partial charge in [0.15, 0.2) is 0 Å². The molecule has 13 heavy (non-hydrogen) atoms. The minimum absolute atomic E-state index is 0.260. The van der Waals surface area contributed by atoms with Crippen LogP contribution in [0.1, 0.15) is 18.9 Å². The summed E-state index contributed by atoms with van der Waals surface area (Å²) in [6, 6.07) is 8.28. The molecule has 1 N–H and O–H groups in total. The molecular weight excluding hydrogens is 162 g/mol. The lowest BCUT2D eigenvalue weighted by molar-refractivity contribution is -0.118. The first-order valence-electron chi connectivity index (χ1n) is 4.62. The molecule has 0 radical (unpaired) electrons. The molecule has 0 saturated heterocycles. The molecule has 0 aliphatic carbocycles. The minimum Gasteiger partial charge on any atom is -0.382 e. The Bertz CT molecular complexity index is 333. The number of carbonyl (C=O) groups is 1. The largest absolute Gasteiger partial charge is 0.382 e. The van der Waals surface area contributed by atoms with Gasteiger partial charge in [-0.15, -0.1) is 0 Å². The maximum Gasteiger partial charge on any atom is 0.139 e. The van der Waals surface area contributed by atoms with Gasteiger partial charge in [-0.2, -0.15) is 0 Å². The number of para-hydroxylation sites is 1. The van der Waals surface area contributed by atoms with Gasteiger partial charge in [-0.05, 0) is 18.6 Å². The number of rotatable bonds is 0. The zero-order valence-electron chi connectivity index (χ0n) is 7.71. The van der Waals surface area contributed by atoms with Crippen LogP contribution in [0.25, 0.3) is 0 Å². The number of fused-ring (bicyclic) bond motifs is 1. The molecule has 0 spiro atoms. The van der Waals surface area contributed by atoms with Crippen molar-refractivity contribution in [2.24, 2.45) is 0 Å². The van der Waals surface area contributed by atoms with Crippen LogP contribution in [0.2, 0.25) is 0 Å². The van der Waals surface area contributed by atoms with Gasteiger partial charge in [0.05, 0.1) is 0 Å². The molecule has 2 rings (SSSR count). The summed E-state index contributed by atoms with van der Waals surface area (Å²) in [5.41, 5.74) is 2.23. The van der Waals surface area contributed by atoms with E-state index in [1.807, 2.05) is 31.2 Å². The number of hydrogen-bond donors (Lipinski definition) is 1. The number of ketones is 1. The SMILES string of the molecule is CC1CC(=O)Cc2ccccc2N1. The molecule has 1 heterocycles. The van der Waals surface area contributed by atoms with E-state index in [1.54, 1.807) is 0 Å². The molecule has 2 nitrogen and oxygen atoms in total. The maximum absolute atomic E-state index is 11.4. The number of Topliss-reactive ketones (excluding diaryl/α,β-unsaturated/α-hetero) is 1. The normalized spacial score (nSPS) is 21.6. The quantitative estimate of drug-likeness (QED) is 0.653. The Kier molecular flexibility index (Phi) is 2.05. The van der Waals surface area contributed by atoms with Crippen LogP contribution in [0.3, 0.4) is 0 Å². The molecule has 0 bridgehead atoms. The van der Waals surface area contributed by atoms with Gasteiger partial charge in [0, 0.05) is 24.6 Å². The van der Waals surface area contributed by atoms with Gasteiger partial charge in [0.1, 0.15) is 5.78 Å². The molecule has 0 fully saturated rings.